The molecule has 5 heteroatoms. The van der Waals surface area contributed by atoms with Gasteiger partial charge < -0.3 is 15.2 Å². The number of halogens is 1. The van der Waals surface area contributed by atoms with Crippen molar-refractivity contribution in [2.24, 2.45) is 5.73 Å². The minimum atomic E-state index is 0.468. The molecule has 3 nitrogen and oxygen atoms in total. The number of nitrogens with two attached hydrogens (primary N) is 1. The molecule has 0 aliphatic carbocycles. The van der Waals surface area contributed by atoms with Gasteiger partial charge in [-0.3, -0.25) is 0 Å². The van der Waals surface area contributed by atoms with Gasteiger partial charge >= 0.3 is 0 Å². The van der Waals surface area contributed by atoms with E-state index in [0.29, 0.717) is 25.0 Å². The zero-order chi connectivity index (χ0) is 12.3. The summed E-state index contributed by atoms with van der Waals surface area (Å²) in [6.07, 6.45) is 0. The van der Waals surface area contributed by atoms with Crippen LogP contribution in [0.2, 0.25) is 0 Å². The molecule has 1 aromatic rings. The van der Waals surface area contributed by atoms with Crippen LogP contribution in [0.25, 0.3) is 0 Å². The number of rotatable bonds is 4. The minimum Gasteiger partial charge on any atom is -0.486 e. The van der Waals surface area contributed by atoms with E-state index in [9.17, 15) is 0 Å². The summed E-state index contributed by atoms with van der Waals surface area (Å²) in [6, 6.07) is 4.03. The SMILES string of the molecule is CC(CN)SCc1cc2c(cc1Br)OCCO2. The lowest BCUT2D eigenvalue weighted by atomic mass is 10.2. The molecule has 0 amide bonds. The molecular formula is C12H16BrNO2S. The second-order valence-electron chi connectivity index (χ2n) is 3.94. The Kier molecular flexibility index (Phi) is 4.59. The molecule has 1 heterocycles. The largest absolute Gasteiger partial charge is 0.486 e. The molecule has 0 bridgehead atoms. The predicted octanol–water partition coefficient (Wildman–Crippen LogP) is 2.80. The van der Waals surface area contributed by atoms with Gasteiger partial charge in [0.1, 0.15) is 13.2 Å². The molecule has 1 atom stereocenters. The highest BCUT2D eigenvalue weighted by Crippen LogP contribution is 2.37. The highest BCUT2D eigenvalue weighted by Gasteiger charge is 2.15. The Morgan fingerprint density at radius 2 is 2.00 bits per heavy atom. The van der Waals surface area contributed by atoms with Gasteiger partial charge in [0.15, 0.2) is 11.5 Å². The molecule has 0 spiro atoms. The van der Waals surface area contributed by atoms with Crippen molar-refractivity contribution in [2.75, 3.05) is 19.8 Å². The number of benzene rings is 1. The maximum atomic E-state index is 5.61. The minimum absolute atomic E-state index is 0.468. The van der Waals surface area contributed by atoms with Crippen LogP contribution in [0.5, 0.6) is 11.5 Å². The first-order chi connectivity index (χ1) is 8.20. The summed E-state index contributed by atoms with van der Waals surface area (Å²) in [5.74, 6) is 2.59. The van der Waals surface area contributed by atoms with Gasteiger partial charge in [-0.05, 0) is 17.7 Å². The zero-order valence-corrected chi connectivity index (χ0v) is 12.1. The fraction of sp³-hybridized carbons (Fsp3) is 0.500. The van der Waals surface area contributed by atoms with E-state index in [4.69, 9.17) is 15.2 Å². The molecule has 0 saturated heterocycles. The molecule has 17 heavy (non-hydrogen) atoms. The molecule has 1 aliphatic heterocycles. The molecule has 0 fully saturated rings. The van der Waals surface area contributed by atoms with Gasteiger partial charge in [-0.1, -0.05) is 22.9 Å². The van der Waals surface area contributed by atoms with Crippen LogP contribution in [0.15, 0.2) is 16.6 Å². The lowest BCUT2D eigenvalue weighted by Crippen LogP contribution is -2.16. The highest BCUT2D eigenvalue weighted by molar-refractivity contribution is 9.10. The lowest BCUT2D eigenvalue weighted by Gasteiger charge is -2.20. The van der Waals surface area contributed by atoms with Crippen LogP contribution in [-0.4, -0.2) is 25.0 Å². The van der Waals surface area contributed by atoms with Crippen molar-refractivity contribution >= 4 is 27.7 Å². The molecule has 0 saturated carbocycles. The fourth-order valence-corrected chi connectivity index (χ4v) is 3.00. The number of fused-ring (bicyclic) bond motifs is 1. The average Bonchev–Trinajstić information content (AvgIpc) is 2.35. The standard InChI is InChI=1S/C12H16BrNO2S/c1-8(6-14)17-7-9-4-11-12(5-10(9)13)16-3-2-15-11/h4-5,8H,2-3,6-7,14H2,1H3. The van der Waals surface area contributed by atoms with Gasteiger partial charge in [0.25, 0.3) is 0 Å². The van der Waals surface area contributed by atoms with E-state index >= 15 is 0 Å². The third-order valence-corrected chi connectivity index (χ3v) is 4.54. The number of thioether (sulfide) groups is 1. The molecule has 2 N–H and O–H groups in total. The van der Waals surface area contributed by atoms with Gasteiger partial charge in [-0.15, -0.1) is 0 Å². The van der Waals surface area contributed by atoms with Crippen LogP contribution in [0, 0.1) is 0 Å². The third-order valence-electron chi connectivity index (χ3n) is 2.57. The summed E-state index contributed by atoms with van der Waals surface area (Å²) in [6.45, 7) is 4.08. The summed E-state index contributed by atoms with van der Waals surface area (Å²) < 4.78 is 12.2. The lowest BCUT2D eigenvalue weighted by molar-refractivity contribution is 0.171. The first kappa shape index (κ1) is 13.1. The Labute approximate surface area is 114 Å². The second kappa shape index (κ2) is 5.98. The van der Waals surface area contributed by atoms with E-state index in [0.717, 1.165) is 21.7 Å². The summed E-state index contributed by atoms with van der Waals surface area (Å²) >= 11 is 5.41. The Balaban J connectivity index is 2.11. The third kappa shape index (κ3) is 3.30. The van der Waals surface area contributed by atoms with Crippen molar-refractivity contribution in [2.45, 2.75) is 17.9 Å². The Bertz CT molecular complexity index is 400. The summed E-state index contributed by atoms with van der Waals surface area (Å²) in [5.41, 5.74) is 6.83. The predicted molar refractivity (Wildman–Crippen MR) is 74.9 cm³/mol. The molecule has 1 unspecified atom stereocenters. The van der Waals surface area contributed by atoms with E-state index in [1.807, 2.05) is 17.8 Å². The highest BCUT2D eigenvalue weighted by atomic mass is 79.9. The Morgan fingerprint density at radius 1 is 1.35 bits per heavy atom. The van der Waals surface area contributed by atoms with Crippen molar-refractivity contribution in [3.8, 4) is 11.5 Å². The molecule has 0 radical (unpaired) electrons. The van der Waals surface area contributed by atoms with Gasteiger partial charge in [0, 0.05) is 22.0 Å². The Morgan fingerprint density at radius 3 is 2.65 bits per heavy atom. The molecule has 1 aliphatic rings. The molecule has 2 rings (SSSR count). The van der Waals surface area contributed by atoms with Gasteiger partial charge in [-0.25, -0.2) is 0 Å². The van der Waals surface area contributed by atoms with E-state index in [1.54, 1.807) is 0 Å². The Hall–Kier alpha value is -0.390. The normalized spacial score (nSPS) is 15.7. The zero-order valence-electron chi connectivity index (χ0n) is 9.74. The van der Waals surface area contributed by atoms with E-state index in [1.165, 1.54) is 5.56 Å². The fourth-order valence-electron chi connectivity index (χ4n) is 1.52. The quantitative estimate of drug-likeness (QED) is 0.927. The van der Waals surface area contributed by atoms with Crippen LogP contribution in [0.3, 0.4) is 0 Å². The van der Waals surface area contributed by atoms with Gasteiger partial charge in [0.2, 0.25) is 0 Å². The van der Waals surface area contributed by atoms with Crippen molar-refractivity contribution < 1.29 is 9.47 Å². The van der Waals surface area contributed by atoms with E-state index in [2.05, 4.69) is 28.9 Å². The van der Waals surface area contributed by atoms with Crippen LogP contribution in [0.1, 0.15) is 12.5 Å². The summed E-state index contributed by atoms with van der Waals surface area (Å²) in [4.78, 5) is 0. The first-order valence-electron chi connectivity index (χ1n) is 5.60. The van der Waals surface area contributed by atoms with Crippen LogP contribution >= 0.6 is 27.7 Å². The average molecular weight is 318 g/mol. The monoisotopic (exact) mass is 317 g/mol. The molecule has 1 aromatic carbocycles. The van der Waals surface area contributed by atoms with Crippen LogP contribution in [-0.2, 0) is 5.75 Å². The van der Waals surface area contributed by atoms with Crippen molar-refractivity contribution in [3.05, 3.63) is 22.2 Å². The maximum Gasteiger partial charge on any atom is 0.162 e. The number of hydrogen-bond acceptors (Lipinski definition) is 4. The second-order valence-corrected chi connectivity index (χ2v) is 6.23. The number of hydrogen-bond donors (Lipinski definition) is 1. The molecule has 94 valence electrons. The van der Waals surface area contributed by atoms with Crippen molar-refractivity contribution in [3.63, 3.8) is 0 Å². The van der Waals surface area contributed by atoms with E-state index in [-0.39, 0.29) is 0 Å². The van der Waals surface area contributed by atoms with Crippen LogP contribution in [0.4, 0.5) is 0 Å². The van der Waals surface area contributed by atoms with Crippen molar-refractivity contribution in [1.82, 2.24) is 0 Å². The maximum absolute atomic E-state index is 5.61. The van der Waals surface area contributed by atoms with Crippen LogP contribution < -0.4 is 15.2 Å². The summed E-state index contributed by atoms with van der Waals surface area (Å²) in [5, 5.41) is 0.468. The smallest absolute Gasteiger partial charge is 0.162 e. The molecular weight excluding hydrogens is 302 g/mol. The van der Waals surface area contributed by atoms with Gasteiger partial charge in [-0.2, -0.15) is 11.8 Å². The molecule has 0 aromatic heterocycles. The van der Waals surface area contributed by atoms with Crippen molar-refractivity contribution in [1.29, 1.82) is 0 Å². The van der Waals surface area contributed by atoms with Gasteiger partial charge in [0.05, 0.1) is 0 Å². The van der Waals surface area contributed by atoms with E-state index < -0.39 is 0 Å². The first-order valence-corrected chi connectivity index (χ1v) is 7.44. The summed E-state index contributed by atoms with van der Waals surface area (Å²) in [7, 11) is 0. The number of ether oxygens (including phenoxy) is 2. The topological polar surface area (TPSA) is 44.5 Å².